The maximum atomic E-state index is 13.1. The molecule has 17 nitrogen and oxygen atoms in total. The topological polar surface area (TPSA) is 237 Å². The predicted octanol–water partition coefficient (Wildman–Crippen LogP) is 22.4. The van der Waals surface area contributed by atoms with Crippen molar-refractivity contribution >= 4 is 39.5 Å². The van der Waals surface area contributed by atoms with Gasteiger partial charge < -0.3 is 33.8 Å². The number of allylic oxidation sites excluding steroid dienone is 12. The fourth-order valence-electron chi connectivity index (χ4n) is 10.6. The Morgan fingerprint density at radius 2 is 0.531 bits per heavy atom. The lowest BCUT2D eigenvalue weighted by Gasteiger charge is -2.21. The Morgan fingerprint density at radius 1 is 0.296 bits per heavy atom. The van der Waals surface area contributed by atoms with E-state index in [9.17, 15) is 43.2 Å². The summed E-state index contributed by atoms with van der Waals surface area (Å²) >= 11 is 0. The standard InChI is InChI=1S/C79H142O17P2/c1-5-9-13-17-21-25-29-33-36-40-44-48-52-56-60-64-77(82)90-70-75(96-79(84)66-62-58-54-50-46-42-38-35-31-27-23-19-15-11-7-3)72-94-98(87,88)92-68-73(80)67-91-97(85,86)93-71-74(69-89-76(81)63-59-55-51-47-43-39-32-28-24-20-16-12-8-4)95-78(83)65-61-57-53-49-45-41-37-34-30-26-22-18-14-10-6-2/h23,25-27,29-30,33-38,73-75,80H,5-22,24,28,31-32,39-72H2,1-4H3,(H,85,86)(H,87,88)/b27-23-,29-25-,30-26-,36-33-,37-34-,38-35-/t73-,74-,75-/m1/s1. The fraction of sp³-hybridized carbons (Fsp3) is 0.797. The summed E-state index contributed by atoms with van der Waals surface area (Å²) in [5.74, 6) is -2.20. The minimum Gasteiger partial charge on any atom is -0.462 e. The van der Waals surface area contributed by atoms with E-state index in [1.807, 2.05) is 0 Å². The maximum absolute atomic E-state index is 13.1. The number of hydrogen-bond donors (Lipinski definition) is 3. The van der Waals surface area contributed by atoms with E-state index >= 15 is 0 Å². The molecule has 98 heavy (non-hydrogen) atoms. The summed E-state index contributed by atoms with van der Waals surface area (Å²) in [4.78, 5) is 72.9. The van der Waals surface area contributed by atoms with E-state index in [1.165, 1.54) is 128 Å². The molecule has 0 aromatic rings. The molecule has 0 aromatic carbocycles. The first-order valence-corrected chi connectivity index (χ1v) is 42.2. The lowest BCUT2D eigenvalue weighted by atomic mass is 10.0. The highest BCUT2D eigenvalue weighted by molar-refractivity contribution is 7.47. The summed E-state index contributed by atoms with van der Waals surface area (Å²) < 4.78 is 68.5. The Balaban J connectivity index is 5.37. The summed E-state index contributed by atoms with van der Waals surface area (Å²) in [5.41, 5.74) is 0. The molecule has 5 atom stereocenters. The number of phosphoric ester groups is 2. The Labute approximate surface area is 596 Å². The second-order valence-electron chi connectivity index (χ2n) is 26.4. The zero-order valence-electron chi connectivity index (χ0n) is 62.2. The number of aliphatic hydroxyl groups is 1. The van der Waals surface area contributed by atoms with Crippen molar-refractivity contribution in [1.29, 1.82) is 0 Å². The quantitative estimate of drug-likeness (QED) is 0.0128. The third-order valence-electron chi connectivity index (χ3n) is 16.7. The molecule has 0 saturated carbocycles. The first-order chi connectivity index (χ1) is 47.7. The summed E-state index contributed by atoms with van der Waals surface area (Å²) in [6.45, 7) is 4.80. The van der Waals surface area contributed by atoms with Crippen LogP contribution in [0, 0.1) is 0 Å². The number of hydrogen-bond acceptors (Lipinski definition) is 15. The molecule has 0 saturated heterocycles. The van der Waals surface area contributed by atoms with Crippen LogP contribution in [-0.4, -0.2) is 96.7 Å². The minimum absolute atomic E-state index is 0.0776. The van der Waals surface area contributed by atoms with E-state index in [0.29, 0.717) is 25.7 Å². The van der Waals surface area contributed by atoms with Crippen molar-refractivity contribution in [2.45, 2.75) is 367 Å². The van der Waals surface area contributed by atoms with Crippen LogP contribution in [0.1, 0.15) is 349 Å². The summed E-state index contributed by atoms with van der Waals surface area (Å²) in [5, 5.41) is 10.6. The number of carbonyl (C=O) groups is 4. The Kier molecular flexibility index (Phi) is 69.3. The highest BCUT2D eigenvalue weighted by atomic mass is 31.2. The molecule has 570 valence electrons. The number of esters is 4. The predicted molar refractivity (Wildman–Crippen MR) is 400 cm³/mol. The molecule has 19 heteroatoms. The van der Waals surface area contributed by atoms with Crippen molar-refractivity contribution < 1.29 is 80.2 Å². The van der Waals surface area contributed by atoms with E-state index in [1.54, 1.807) is 0 Å². The SMILES string of the molecule is CCCCC/C=C\C/C=C\CCCCCCCC(=O)O[C@H](COC(=O)CCCCCCC/C=C\C=C/CCCCCC)COP(=O)(O)OC[C@H](O)COP(=O)(O)OC[C@@H](COC(=O)CCCCCCCCCCCCCCC)OC(=O)CCCCCCC/C=C\C=C/CCCCCC. The third-order valence-corrected chi connectivity index (χ3v) is 18.6. The summed E-state index contributed by atoms with van der Waals surface area (Å²) in [6, 6.07) is 0. The molecule has 0 rings (SSSR count). The summed E-state index contributed by atoms with van der Waals surface area (Å²) in [6.07, 6.45) is 71.6. The molecular weight excluding hydrogens is 1280 g/mol. The van der Waals surface area contributed by atoms with Crippen LogP contribution in [0.3, 0.4) is 0 Å². The monoisotopic (exact) mass is 1420 g/mol. The Bertz CT molecular complexity index is 2140. The van der Waals surface area contributed by atoms with E-state index in [2.05, 4.69) is 101 Å². The zero-order valence-corrected chi connectivity index (χ0v) is 64.0. The van der Waals surface area contributed by atoms with Gasteiger partial charge in [-0.1, -0.05) is 287 Å². The molecule has 3 N–H and O–H groups in total. The normalized spacial score (nSPS) is 14.3. The second-order valence-corrected chi connectivity index (χ2v) is 29.3. The van der Waals surface area contributed by atoms with E-state index in [4.69, 9.17) is 37.0 Å². The van der Waals surface area contributed by atoms with Crippen molar-refractivity contribution in [2.24, 2.45) is 0 Å². The minimum atomic E-state index is -4.98. The van der Waals surface area contributed by atoms with Gasteiger partial charge in [0.2, 0.25) is 0 Å². The Hall–Kier alpha value is -3.50. The molecule has 0 aliphatic rings. The highest BCUT2D eigenvalue weighted by Gasteiger charge is 2.30. The van der Waals surface area contributed by atoms with Gasteiger partial charge in [0, 0.05) is 25.7 Å². The molecule has 0 aliphatic heterocycles. The number of aliphatic hydroxyl groups excluding tert-OH is 1. The van der Waals surface area contributed by atoms with E-state index in [0.717, 1.165) is 141 Å². The number of carbonyl (C=O) groups excluding carboxylic acids is 4. The van der Waals surface area contributed by atoms with Gasteiger partial charge in [0.15, 0.2) is 12.2 Å². The van der Waals surface area contributed by atoms with Crippen LogP contribution >= 0.6 is 15.6 Å². The van der Waals surface area contributed by atoms with Crippen LogP contribution in [0.4, 0.5) is 0 Å². The lowest BCUT2D eigenvalue weighted by Crippen LogP contribution is -2.30. The van der Waals surface area contributed by atoms with Gasteiger partial charge in [-0.05, 0) is 109 Å². The molecule has 2 unspecified atom stereocenters. The Morgan fingerprint density at radius 3 is 0.847 bits per heavy atom. The van der Waals surface area contributed by atoms with Crippen LogP contribution in [0.2, 0.25) is 0 Å². The smallest absolute Gasteiger partial charge is 0.462 e. The van der Waals surface area contributed by atoms with Gasteiger partial charge in [-0.3, -0.25) is 37.3 Å². The van der Waals surface area contributed by atoms with Gasteiger partial charge in [0.1, 0.15) is 19.3 Å². The van der Waals surface area contributed by atoms with Crippen molar-refractivity contribution in [3.05, 3.63) is 72.9 Å². The van der Waals surface area contributed by atoms with Crippen molar-refractivity contribution in [2.75, 3.05) is 39.6 Å². The largest absolute Gasteiger partial charge is 0.472 e. The molecule has 0 radical (unpaired) electrons. The number of ether oxygens (including phenoxy) is 4. The van der Waals surface area contributed by atoms with E-state index < -0.39 is 97.5 Å². The van der Waals surface area contributed by atoms with Gasteiger partial charge in [-0.25, -0.2) is 9.13 Å². The molecule has 0 aromatic heterocycles. The van der Waals surface area contributed by atoms with Crippen molar-refractivity contribution in [3.63, 3.8) is 0 Å². The molecule has 0 amide bonds. The molecule has 0 bridgehead atoms. The van der Waals surface area contributed by atoms with Gasteiger partial charge >= 0.3 is 39.5 Å². The summed E-state index contributed by atoms with van der Waals surface area (Å²) in [7, 11) is -9.95. The first-order valence-electron chi connectivity index (χ1n) is 39.2. The van der Waals surface area contributed by atoms with Crippen LogP contribution in [0.25, 0.3) is 0 Å². The average molecular weight is 1430 g/mol. The van der Waals surface area contributed by atoms with Gasteiger partial charge in [0.25, 0.3) is 0 Å². The van der Waals surface area contributed by atoms with E-state index in [-0.39, 0.29) is 25.7 Å². The number of phosphoric acid groups is 2. The zero-order chi connectivity index (χ0) is 71.8. The molecule has 0 fully saturated rings. The van der Waals surface area contributed by atoms with Crippen LogP contribution in [0.5, 0.6) is 0 Å². The maximum Gasteiger partial charge on any atom is 0.472 e. The molecule has 0 spiro atoms. The number of rotatable bonds is 74. The first kappa shape index (κ1) is 94.5. The van der Waals surface area contributed by atoms with Crippen molar-refractivity contribution in [1.82, 2.24) is 0 Å². The van der Waals surface area contributed by atoms with Crippen LogP contribution in [0.15, 0.2) is 72.9 Å². The molecular formula is C79H142O17P2. The van der Waals surface area contributed by atoms with Crippen LogP contribution < -0.4 is 0 Å². The molecule has 0 heterocycles. The fourth-order valence-corrected chi connectivity index (χ4v) is 12.2. The third kappa shape index (κ3) is 70.9. The number of unbranched alkanes of at least 4 members (excludes halogenated alkanes) is 38. The van der Waals surface area contributed by atoms with Gasteiger partial charge in [-0.2, -0.15) is 0 Å². The molecule has 0 aliphatic carbocycles. The van der Waals surface area contributed by atoms with Gasteiger partial charge in [-0.15, -0.1) is 0 Å². The lowest BCUT2D eigenvalue weighted by molar-refractivity contribution is -0.161. The second kappa shape index (κ2) is 71.9. The van der Waals surface area contributed by atoms with Gasteiger partial charge in [0.05, 0.1) is 26.4 Å². The van der Waals surface area contributed by atoms with Crippen molar-refractivity contribution in [3.8, 4) is 0 Å². The van der Waals surface area contributed by atoms with Crippen LogP contribution in [-0.2, 0) is 65.4 Å². The highest BCUT2D eigenvalue weighted by Crippen LogP contribution is 2.45. The average Bonchev–Trinajstić information content (AvgIpc) is 1.04.